The van der Waals surface area contributed by atoms with Gasteiger partial charge < -0.3 is 5.73 Å². The van der Waals surface area contributed by atoms with E-state index in [0.29, 0.717) is 12.8 Å². The first-order chi connectivity index (χ1) is 7.84. The zero-order chi connectivity index (χ0) is 12.8. The number of hydrogen-bond acceptors (Lipinski definition) is 3. The maximum absolute atomic E-state index is 13.5. The fourth-order valence-electron chi connectivity index (χ4n) is 1.60. The van der Waals surface area contributed by atoms with Crippen LogP contribution < -0.4 is 5.73 Å². The summed E-state index contributed by atoms with van der Waals surface area (Å²) in [4.78, 5) is -0.930. The van der Waals surface area contributed by atoms with Gasteiger partial charge in [-0.1, -0.05) is 0 Å². The molecule has 17 heavy (non-hydrogen) atoms. The van der Waals surface area contributed by atoms with E-state index in [1.807, 2.05) is 0 Å². The van der Waals surface area contributed by atoms with Crippen LogP contribution in [-0.4, -0.2) is 25.8 Å². The summed E-state index contributed by atoms with van der Waals surface area (Å²) in [5.74, 6) is -2.31. The van der Waals surface area contributed by atoms with E-state index in [9.17, 15) is 17.2 Å². The number of nitrogens with two attached hydrogens (primary N) is 1. The van der Waals surface area contributed by atoms with E-state index >= 15 is 0 Å². The summed E-state index contributed by atoms with van der Waals surface area (Å²) < 4.78 is 52.0. The van der Waals surface area contributed by atoms with Crippen LogP contribution in [0.2, 0.25) is 0 Å². The molecule has 0 aliphatic heterocycles. The van der Waals surface area contributed by atoms with Gasteiger partial charge in [0.25, 0.3) is 0 Å². The lowest BCUT2D eigenvalue weighted by molar-refractivity contribution is 0.446. The smallest absolute Gasteiger partial charge is 0.248 e. The number of benzene rings is 1. The minimum Gasteiger partial charge on any atom is -0.399 e. The Kier molecular flexibility index (Phi) is 2.82. The third kappa shape index (κ3) is 2.12. The molecule has 4 nitrogen and oxygen atoms in total. The molecule has 0 heterocycles. The van der Waals surface area contributed by atoms with E-state index in [4.69, 9.17) is 5.73 Å². The molecule has 0 spiro atoms. The van der Waals surface area contributed by atoms with Crippen LogP contribution in [0.3, 0.4) is 0 Å². The first-order valence-corrected chi connectivity index (χ1v) is 6.50. The van der Waals surface area contributed by atoms with E-state index < -0.39 is 26.6 Å². The molecule has 0 atom stereocenters. The molecule has 0 aromatic heterocycles. The standard InChI is InChI=1S/C10H12F2N2O2S/c1-14(7-2-3-7)17(15,16)10-8(11)4-6(13)5-9(10)12/h4-5,7H,2-3,13H2,1H3. The Hall–Kier alpha value is -1.21. The highest BCUT2D eigenvalue weighted by Crippen LogP contribution is 2.32. The van der Waals surface area contributed by atoms with Crippen LogP contribution in [-0.2, 0) is 10.0 Å². The molecule has 0 saturated heterocycles. The molecule has 0 bridgehead atoms. The van der Waals surface area contributed by atoms with E-state index in [0.717, 1.165) is 16.4 Å². The van der Waals surface area contributed by atoms with E-state index in [-0.39, 0.29) is 11.7 Å². The molecule has 1 aromatic carbocycles. The predicted octanol–water partition coefficient (Wildman–Crippen LogP) is 1.33. The van der Waals surface area contributed by atoms with E-state index in [1.165, 1.54) is 7.05 Å². The van der Waals surface area contributed by atoms with Crippen molar-refractivity contribution in [3.8, 4) is 0 Å². The van der Waals surface area contributed by atoms with Crippen LogP contribution >= 0.6 is 0 Å². The quantitative estimate of drug-likeness (QED) is 0.836. The molecule has 1 saturated carbocycles. The summed E-state index contributed by atoms with van der Waals surface area (Å²) >= 11 is 0. The number of nitrogens with zero attached hydrogens (tertiary/aromatic N) is 1. The molecular weight excluding hydrogens is 250 g/mol. The first kappa shape index (κ1) is 12.3. The van der Waals surface area contributed by atoms with Gasteiger partial charge in [0.1, 0.15) is 11.6 Å². The van der Waals surface area contributed by atoms with Gasteiger partial charge in [-0.05, 0) is 25.0 Å². The summed E-state index contributed by atoms with van der Waals surface area (Å²) in [5.41, 5.74) is 5.09. The van der Waals surface area contributed by atoms with Gasteiger partial charge in [0, 0.05) is 18.8 Å². The Morgan fingerprint density at radius 3 is 2.18 bits per heavy atom. The van der Waals surface area contributed by atoms with Crippen molar-refractivity contribution < 1.29 is 17.2 Å². The van der Waals surface area contributed by atoms with Gasteiger partial charge in [0.05, 0.1) is 0 Å². The van der Waals surface area contributed by atoms with Crippen molar-refractivity contribution in [2.75, 3.05) is 12.8 Å². The van der Waals surface area contributed by atoms with E-state index in [1.54, 1.807) is 0 Å². The van der Waals surface area contributed by atoms with Crippen molar-refractivity contribution in [1.29, 1.82) is 0 Å². The Labute approximate surface area is 98.1 Å². The molecule has 0 amide bonds. The fraction of sp³-hybridized carbons (Fsp3) is 0.400. The SMILES string of the molecule is CN(C1CC1)S(=O)(=O)c1c(F)cc(N)cc1F. The average Bonchev–Trinajstić information content (AvgIpc) is 2.96. The molecule has 2 N–H and O–H groups in total. The molecule has 1 fully saturated rings. The lowest BCUT2D eigenvalue weighted by Gasteiger charge is -2.17. The Morgan fingerprint density at radius 2 is 1.76 bits per heavy atom. The minimum atomic E-state index is -4.13. The van der Waals surface area contributed by atoms with Crippen LogP contribution in [0, 0.1) is 11.6 Å². The van der Waals surface area contributed by atoms with Crippen molar-refractivity contribution in [2.45, 2.75) is 23.8 Å². The normalized spacial score (nSPS) is 16.5. The van der Waals surface area contributed by atoms with Crippen LogP contribution in [0.15, 0.2) is 17.0 Å². The molecule has 1 aromatic rings. The first-order valence-electron chi connectivity index (χ1n) is 5.06. The second kappa shape index (κ2) is 3.92. The largest absolute Gasteiger partial charge is 0.399 e. The Bertz CT molecular complexity index is 532. The highest BCUT2D eigenvalue weighted by atomic mass is 32.2. The van der Waals surface area contributed by atoms with Gasteiger partial charge in [-0.25, -0.2) is 17.2 Å². The fourth-order valence-corrected chi connectivity index (χ4v) is 3.11. The average molecular weight is 262 g/mol. The highest BCUT2D eigenvalue weighted by Gasteiger charge is 2.38. The second-order valence-corrected chi connectivity index (χ2v) is 6.00. The highest BCUT2D eigenvalue weighted by molar-refractivity contribution is 7.89. The van der Waals surface area contributed by atoms with Crippen LogP contribution in [0.1, 0.15) is 12.8 Å². The third-order valence-corrected chi connectivity index (χ3v) is 4.68. The maximum Gasteiger partial charge on any atom is 0.248 e. The number of hydrogen-bond donors (Lipinski definition) is 1. The number of halogens is 2. The monoisotopic (exact) mass is 262 g/mol. The van der Waals surface area contributed by atoms with Crippen molar-refractivity contribution in [3.05, 3.63) is 23.8 Å². The number of sulfonamides is 1. The van der Waals surface area contributed by atoms with Crippen LogP contribution in [0.4, 0.5) is 14.5 Å². The number of anilines is 1. The van der Waals surface area contributed by atoms with Crippen LogP contribution in [0.5, 0.6) is 0 Å². The maximum atomic E-state index is 13.5. The number of nitrogen functional groups attached to an aromatic ring is 1. The van der Waals surface area contributed by atoms with Gasteiger partial charge in [0.2, 0.25) is 10.0 Å². The lowest BCUT2D eigenvalue weighted by atomic mass is 10.3. The van der Waals surface area contributed by atoms with Crippen molar-refractivity contribution in [1.82, 2.24) is 4.31 Å². The molecular formula is C10H12F2N2O2S. The van der Waals surface area contributed by atoms with Gasteiger partial charge in [-0.15, -0.1) is 0 Å². The van der Waals surface area contributed by atoms with Gasteiger partial charge >= 0.3 is 0 Å². The molecule has 94 valence electrons. The minimum absolute atomic E-state index is 0.145. The zero-order valence-electron chi connectivity index (χ0n) is 9.15. The van der Waals surface area contributed by atoms with E-state index in [2.05, 4.69) is 0 Å². The molecule has 1 aliphatic carbocycles. The second-order valence-electron chi connectivity index (χ2n) is 4.07. The summed E-state index contributed by atoms with van der Waals surface area (Å²) in [6.45, 7) is 0. The summed E-state index contributed by atoms with van der Waals surface area (Å²) in [6.07, 6.45) is 1.43. The Balaban J connectivity index is 2.53. The third-order valence-electron chi connectivity index (χ3n) is 2.72. The van der Waals surface area contributed by atoms with Crippen molar-refractivity contribution in [3.63, 3.8) is 0 Å². The predicted molar refractivity (Wildman–Crippen MR) is 58.7 cm³/mol. The zero-order valence-corrected chi connectivity index (χ0v) is 9.97. The molecule has 0 unspecified atom stereocenters. The topological polar surface area (TPSA) is 63.4 Å². The van der Waals surface area contributed by atoms with Gasteiger partial charge in [-0.2, -0.15) is 4.31 Å². The van der Waals surface area contributed by atoms with Crippen molar-refractivity contribution >= 4 is 15.7 Å². The Morgan fingerprint density at radius 1 is 1.29 bits per heavy atom. The van der Waals surface area contributed by atoms with Gasteiger partial charge in [-0.3, -0.25) is 0 Å². The molecule has 7 heteroatoms. The van der Waals surface area contributed by atoms with Crippen LogP contribution in [0.25, 0.3) is 0 Å². The summed E-state index contributed by atoms with van der Waals surface area (Å²) in [6, 6.07) is 1.45. The summed E-state index contributed by atoms with van der Waals surface area (Å²) in [5, 5.41) is 0. The lowest BCUT2D eigenvalue weighted by Crippen LogP contribution is -2.30. The van der Waals surface area contributed by atoms with Crippen molar-refractivity contribution in [2.24, 2.45) is 0 Å². The molecule has 0 radical (unpaired) electrons. The van der Waals surface area contributed by atoms with Gasteiger partial charge in [0.15, 0.2) is 4.90 Å². The number of rotatable bonds is 3. The molecule has 2 rings (SSSR count). The summed E-state index contributed by atoms with van der Waals surface area (Å²) in [7, 11) is -2.80. The molecule has 1 aliphatic rings.